The Kier molecular flexibility index (Phi) is 5.63. The van der Waals surface area contributed by atoms with Gasteiger partial charge in [-0.1, -0.05) is 27.2 Å². The van der Waals surface area contributed by atoms with Gasteiger partial charge in [0.15, 0.2) is 0 Å². The van der Waals surface area contributed by atoms with E-state index in [1.807, 2.05) is 27.0 Å². The van der Waals surface area contributed by atoms with Crippen molar-refractivity contribution in [1.82, 2.24) is 0 Å². The predicted molar refractivity (Wildman–Crippen MR) is 48.8 cm³/mol. The lowest BCUT2D eigenvalue weighted by molar-refractivity contribution is 0.531. The molecule has 0 fully saturated rings. The van der Waals surface area contributed by atoms with Crippen LogP contribution in [-0.2, 0) is 6.42 Å². The first-order chi connectivity index (χ1) is 5.33. The number of rotatable bonds is 2. The van der Waals surface area contributed by atoms with Gasteiger partial charge in [0.05, 0.1) is 6.26 Å². The van der Waals surface area contributed by atoms with Crippen LogP contribution in [0.5, 0.6) is 0 Å². The molecule has 1 rings (SSSR count). The molecule has 0 aliphatic rings. The molecule has 1 nitrogen and oxygen atoms in total. The van der Waals surface area contributed by atoms with Crippen LogP contribution < -0.4 is 0 Å². The summed E-state index contributed by atoms with van der Waals surface area (Å²) in [4.78, 5) is 0. The van der Waals surface area contributed by atoms with Crippen molar-refractivity contribution in [3.63, 3.8) is 0 Å². The third-order valence-electron chi connectivity index (χ3n) is 1.32. The summed E-state index contributed by atoms with van der Waals surface area (Å²) < 4.78 is 5.12. The van der Waals surface area contributed by atoms with Crippen LogP contribution in [0.3, 0.4) is 0 Å². The van der Waals surface area contributed by atoms with E-state index in [0.717, 1.165) is 12.2 Å². The minimum atomic E-state index is 1.01. The van der Waals surface area contributed by atoms with Crippen molar-refractivity contribution in [2.75, 3.05) is 0 Å². The fourth-order valence-electron chi connectivity index (χ4n) is 0.918. The molecule has 1 heterocycles. The largest absolute Gasteiger partial charge is 0.469 e. The fraction of sp³-hybridized carbons (Fsp3) is 0.600. The molecular weight excluding hydrogens is 136 g/mol. The van der Waals surface area contributed by atoms with Crippen molar-refractivity contribution in [2.45, 2.75) is 40.5 Å². The standard InChI is InChI=1S/C8H12O.C2H6/c1-3-4-8-5-7(2)9-6-8;1-2/h5-6H,3-4H2,1-2H3;1-2H3. The van der Waals surface area contributed by atoms with Gasteiger partial charge in [-0.2, -0.15) is 0 Å². The van der Waals surface area contributed by atoms with Crippen LogP contribution in [-0.4, -0.2) is 0 Å². The molecule has 11 heavy (non-hydrogen) atoms. The highest BCUT2D eigenvalue weighted by Gasteiger charge is 1.93. The van der Waals surface area contributed by atoms with Gasteiger partial charge in [-0.15, -0.1) is 0 Å². The Morgan fingerprint density at radius 1 is 1.36 bits per heavy atom. The molecule has 0 saturated carbocycles. The summed E-state index contributed by atoms with van der Waals surface area (Å²) in [5, 5.41) is 0. The average Bonchev–Trinajstić information content (AvgIpc) is 2.41. The minimum absolute atomic E-state index is 1.01. The van der Waals surface area contributed by atoms with E-state index in [4.69, 9.17) is 4.42 Å². The highest BCUT2D eigenvalue weighted by molar-refractivity contribution is 5.11. The minimum Gasteiger partial charge on any atom is -0.469 e. The van der Waals surface area contributed by atoms with Gasteiger partial charge in [0.2, 0.25) is 0 Å². The Morgan fingerprint density at radius 3 is 2.36 bits per heavy atom. The maximum atomic E-state index is 5.12. The van der Waals surface area contributed by atoms with Gasteiger partial charge in [-0.05, 0) is 25.0 Å². The first-order valence-electron chi connectivity index (χ1n) is 4.37. The van der Waals surface area contributed by atoms with Crippen molar-refractivity contribution in [3.8, 4) is 0 Å². The Morgan fingerprint density at radius 2 is 2.00 bits per heavy atom. The SMILES string of the molecule is CC.CCCc1coc(C)c1. The summed E-state index contributed by atoms with van der Waals surface area (Å²) >= 11 is 0. The zero-order valence-electron chi connectivity index (χ0n) is 7.98. The quantitative estimate of drug-likeness (QED) is 0.634. The molecule has 1 aromatic heterocycles. The second-order valence-electron chi connectivity index (χ2n) is 2.32. The number of hydrogen-bond acceptors (Lipinski definition) is 1. The smallest absolute Gasteiger partial charge is 0.100 e. The Hall–Kier alpha value is -0.720. The number of aryl methyl sites for hydroxylation is 2. The molecule has 0 atom stereocenters. The topological polar surface area (TPSA) is 13.1 Å². The summed E-state index contributed by atoms with van der Waals surface area (Å²) in [6, 6.07) is 2.09. The van der Waals surface area contributed by atoms with Crippen LogP contribution in [0, 0.1) is 6.92 Å². The van der Waals surface area contributed by atoms with Gasteiger partial charge in [-0.25, -0.2) is 0 Å². The summed E-state index contributed by atoms with van der Waals surface area (Å²) in [6.07, 6.45) is 4.16. The van der Waals surface area contributed by atoms with Crippen molar-refractivity contribution >= 4 is 0 Å². The Balaban J connectivity index is 0.000000461. The van der Waals surface area contributed by atoms with Crippen molar-refractivity contribution in [2.24, 2.45) is 0 Å². The molecule has 0 N–H and O–H groups in total. The van der Waals surface area contributed by atoms with Gasteiger partial charge >= 0.3 is 0 Å². The van der Waals surface area contributed by atoms with Crippen LogP contribution in [0.1, 0.15) is 38.5 Å². The van der Waals surface area contributed by atoms with Gasteiger partial charge in [0.25, 0.3) is 0 Å². The van der Waals surface area contributed by atoms with Crippen LogP contribution in [0.15, 0.2) is 16.7 Å². The van der Waals surface area contributed by atoms with Crippen LogP contribution in [0.25, 0.3) is 0 Å². The highest BCUT2D eigenvalue weighted by atomic mass is 16.3. The Labute approximate surface area is 69.4 Å². The third-order valence-corrected chi connectivity index (χ3v) is 1.32. The molecule has 0 aliphatic carbocycles. The molecule has 1 heteroatoms. The Bertz CT molecular complexity index is 177. The molecule has 0 aromatic carbocycles. The first-order valence-corrected chi connectivity index (χ1v) is 4.37. The summed E-state index contributed by atoms with van der Waals surface area (Å²) in [7, 11) is 0. The molecule has 0 bridgehead atoms. The molecule has 0 unspecified atom stereocenters. The van der Waals surface area contributed by atoms with E-state index in [1.54, 1.807) is 0 Å². The summed E-state index contributed by atoms with van der Waals surface area (Å²) in [5.41, 5.74) is 1.31. The van der Waals surface area contributed by atoms with Gasteiger partial charge < -0.3 is 4.42 Å². The maximum absolute atomic E-state index is 5.12. The number of furan rings is 1. The molecule has 0 saturated heterocycles. The zero-order valence-corrected chi connectivity index (χ0v) is 7.98. The van der Waals surface area contributed by atoms with E-state index in [2.05, 4.69) is 13.0 Å². The highest BCUT2D eigenvalue weighted by Crippen LogP contribution is 2.07. The lowest BCUT2D eigenvalue weighted by Crippen LogP contribution is -1.74. The van der Waals surface area contributed by atoms with E-state index >= 15 is 0 Å². The van der Waals surface area contributed by atoms with E-state index in [1.165, 1.54) is 12.0 Å². The van der Waals surface area contributed by atoms with Gasteiger partial charge in [0.1, 0.15) is 5.76 Å². The lowest BCUT2D eigenvalue weighted by atomic mass is 10.2. The second-order valence-corrected chi connectivity index (χ2v) is 2.32. The monoisotopic (exact) mass is 154 g/mol. The van der Waals surface area contributed by atoms with Crippen LogP contribution >= 0.6 is 0 Å². The molecule has 1 aromatic rings. The van der Waals surface area contributed by atoms with E-state index in [-0.39, 0.29) is 0 Å². The van der Waals surface area contributed by atoms with Crippen molar-refractivity contribution < 1.29 is 4.42 Å². The van der Waals surface area contributed by atoms with Crippen LogP contribution in [0.4, 0.5) is 0 Å². The molecule has 0 amide bonds. The molecule has 0 aliphatic heterocycles. The lowest BCUT2D eigenvalue weighted by Gasteiger charge is -1.84. The number of hydrogen-bond donors (Lipinski definition) is 0. The van der Waals surface area contributed by atoms with E-state index < -0.39 is 0 Å². The average molecular weight is 154 g/mol. The molecule has 0 radical (unpaired) electrons. The second kappa shape index (κ2) is 6.02. The van der Waals surface area contributed by atoms with E-state index in [9.17, 15) is 0 Å². The van der Waals surface area contributed by atoms with Crippen molar-refractivity contribution in [1.29, 1.82) is 0 Å². The summed E-state index contributed by atoms with van der Waals surface area (Å²) in [6.45, 7) is 8.14. The molecule has 64 valence electrons. The predicted octanol–water partition coefficient (Wildman–Crippen LogP) is 3.57. The first kappa shape index (κ1) is 10.3. The van der Waals surface area contributed by atoms with E-state index in [0.29, 0.717) is 0 Å². The maximum Gasteiger partial charge on any atom is 0.100 e. The molecule has 0 spiro atoms. The normalized spacial score (nSPS) is 8.73. The summed E-state index contributed by atoms with van der Waals surface area (Å²) in [5.74, 6) is 1.01. The zero-order chi connectivity index (χ0) is 8.69. The third kappa shape index (κ3) is 3.87. The van der Waals surface area contributed by atoms with Crippen molar-refractivity contribution in [3.05, 3.63) is 23.7 Å². The van der Waals surface area contributed by atoms with Crippen LogP contribution in [0.2, 0.25) is 0 Å². The van der Waals surface area contributed by atoms with Gasteiger partial charge in [-0.3, -0.25) is 0 Å². The fourth-order valence-corrected chi connectivity index (χ4v) is 0.918. The molecular formula is C10H18O. The van der Waals surface area contributed by atoms with Gasteiger partial charge in [0, 0.05) is 0 Å².